The molecule has 0 saturated heterocycles. The molecule has 0 bridgehead atoms. The second-order valence-corrected chi connectivity index (χ2v) is 14.5. The largest absolute Gasteiger partial charge is 0.466 e. The first-order valence-corrected chi connectivity index (χ1v) is 21.9. The maximum Gasteiger partial charge on any atom is 0.306 e. The molecule has 0 heterocycles. The molecule has 0 aliphatic rings. The molecule has 0 aromatic rings. The van der Waals surface area contributed by atoms with Gasteiger partial charge < -0.3 is 18.9 Å². The molecule has 0 aromatic heterocycles. The van der Waals surface area contributed by atoms with Gasteiger partial charge in [-0.2, -0.15) is 0 Å². The minimum atomic E-state index is -0.893. The van der Waals surface area contributed by atoms with Crippen LogP contribution in [0.25, 0.3) is 0 Å². The Balaban J connectivity index is 4.27. The molecule has 0 rings (SSSR count). The van der Waals surface area contributed by atoms with Crippen molar-refractivity contribution in [3.05, 3.63) is 24.3 Å². The summed E-state index contributed by atoms with van der Waals surface area (Å²) >= 11 is 0. The van der Waals surface area contributed by atoms with Crippen LogP contribution in [0, 0.1) is 0 Å². The number of hydrogen-bond donors (Lipinski definition) is 0. The second kappa shape index (κ2) is 40.5. The van der Waals surface area contributed by atoms with Crippen LogP contribution in [-0.4, -0.2) is 49.8 Å². The zero-order valence-corrected chi connectivity index (χ0v) is 34.5. The Labute approximate surface area is 325 Å². The van der Waals surface area contributed by atoms with E-state index in [9.17, 15) is 19.2 Å². The normalized spacial score (nSPS) is 12.0. The molecule has 0 aromatic carbocycles. The van der Waals surface area contributed by atoms with Gasteiger partial charge in [-0.15, -0.1) is 0 Å². The smallest absolute Gasteiger partial charge is 0.306 e. The first-order chi connectivity index (χ1) is 25.9. The van der Waals surface area contributed by atoms with Crippen LogP contribution in [0.5, 0.6) is 0 Å². The van der Waals surface area contributed by atoms with E-state index in [-0.39, 0.29) is 45.1 Å². The molecule has 0 amide bonds. The Bertz CT molecular complexity index is 927. The summed E-state index contributed by atoms with van der Waals surface area (Å²) in [6.45, 7) is 6.03. The predicted molar refractivity (Wildman–Crippen MR) is 217 cm³/mol. The van der Waals surface area contributed by atoms with Crippen molar-refractivity contribution in [3.8, 4) is 0 Å². The van der Waals surface area contributed by atoms with Gasteiger partial charge in [0.05, 0.1) is 19.4 Å². The van der Waals surface area contributed by atoms with Crippen LogP contribution in [0.1, 0.15) is 213 Å². The minimum absolute atomic E-state index is 0.0858. The van der Waals surface area contributed by atoms with Crippen LogP contribution in [0.3, 0.4) is 0 Å². The summed E-state index contributed by atoms with van der Waals surface area (Å²) in [6.07, 6.45) is 39.4. The van der Waals surface area contributed by atoms with Crippen LogP contribution in [-0.2, 0) is 38.1 Å². The van der Waals surface area contributed by atoms with Crippen molar-refractivity contribution in [1.29, 1.82) is 0 Å². The molecule has 308 valence electrons. The topological polar surface area (TPSA) is 105 Å². The summed E-state index contributed by atoms with van der Waals surface area (Å²) in [5.41, 5.74) is 0. The van der Waals surface area contributed by atoms with Gasteiger partial charge in [-0.25, -0.2) is 0 Å². The number of carbonyl (C=O) groups excluding carboxylic acids is 4. The molecule has 0 radical (unpaired) electrons. The molecule has 0 fully saturated rings. The van der Waals surface area contributed by atoms with Gasteiger partial charge in [-0.05, 0) is 71.1 Å². The second-order valence-electron chi connectivity index (χ2n) is 14.5. The van der Waals surface area contributed by atoms with E-state index >= 15 is 0 Å². The third kappa shape index (κ3) is 38.9. The molecule has 1 atom stereocenters. The van der Waals surface area contributed by atoms with E-state index in [2.05, 4.69) is 38.2 Å². The first kappa shape index (κ1) is 50.4. The van der Waals surface area contributed by atoms with E-state index in [1.165, 1.54) is 96.3 Å². The molecule has 0 aliphatic heterocycles. The molecule has 0 aliphatic carbocycles. The average molecular weight is 749 g/mol. The summed E-state index contributed by atoms with van der Waals surface area (Å²) < 4.78 is 21.1. The van der Waals surface area contributed by atoms with Crippen LogP contribution in [0.2, 0.25) is 0 Å². The van der Waals surface area contributed by atoms with Crippen molar-refractivity contribution in [2.45, 2.75) is 219 Å². The number of hydrogen-bond acceptors (Lipinski definition) is 8. The van der Waals surface area contributed by atoms with Crippen LogP contribution in [0.15, 0.2) is 24.3 Å². The van der Waals surface area contributed by atoms with Gasteiger partial charge in [-0.1, -0.05) is 141 Å². The lowest BCUT2D eigenvalue weighted by Crippen LogP contribution is -2.31. The average Bonchev–Trinajstić information content (AvgIpc) is 3.15. The number of esters is 4. The van der Waals surface area contributed by atoms with Gasteiger partial charge in [0, 0.05) is 12.8 Å². The lowest BCUT2D eigenvalue weighted by atomic mass is 10.1. The molecular formula is C45H80O8. The number of carbonyl (C=O) groups is 4. The van der Waals surface area contributed by atoms with E-state index in [1.807, 2.05) is 0 Å². The third-order valence-corrected chi connectivity index (χ3v) is 9.28. The van der Waals surface area contributed by atoms with E-state index in [1.54, 1.807) is 6.92 Å². The maximum atomic E-state index is 12.6. The molecule has 53 heavy (non-hydrogen) atoms. The van der Waals surface area contributed by atoms with Gasteiger partial charge in [-0.3, -0.25) is 19.2 Å². The van der Waals surface area contributed by atoms with Crippen molar-refractivity contribution in [2.75, 3.05) is 19.8 Å². The SMILES string of the molecule is CCCCCCCC/C=C\CCCCCCCC(=O)OC[C@@H](COC(=O)CCC(=O)OCC)OC(=O)CCCCCCC/C=C\CCCCCCCC. The summed E-state index contributed by atoms with van der Waals surface area (Å²) in [5, 5.41) is 0. The van der Waals surface area contributed by atoms with Gasteiger partial charge in [0.15, 0.2) is 6.10 Å². The van der Waals surface area contributed by atoms with Crippen molar-refractivity contribution in [2.24, 2.45) is 0 Å². The zero-order chi connectivity index (χ0) is 38.9. The lowest BCUT2D eigenvalue weighted by Gasteiger charge is -2.18. The van der Waals surface area contributed by atoms with E-state index < -0.39 is 24.0 Å². The minimum Gasteiger partial charge on any atom is -0.466 e. The number of unbranched alkanes of at least 4 members (excludes halogenated alkanes) is 22. The Morgan fingerprint density at radius 1 is 0.377 bits per heavy atom. The summed E-state index contributed by atoms with van der Waals surface area (Å²) in [5.74, 6) is -1.83. The van der Waals surface area contributed by atoms with Gasteiger partial charge in [0.1, 0.15) is 13.2 Å². The molecule has 0 N–H and O–H groups in total. The highest BCUT2D eigenvalue weighted by atomic mass is 16.6. The van der Waals surface area contributed by atoms with Gasteiger partial charge >= 0.3 is 23.9 Å². The van der Waals surface area contributed by atoms with E-state index in [4.69, 9.17) is 18.9 Å². The highest BCUT2D eigenvalue weighted by Crippen LogP contribution is 2.13. The van der Waals surface area contributed by atoms with Crippen molar-refractivity contribution in [1.82, 2.24) is 0 Å². The Morgan fingerprint density at radius 2 is 0.698 bits per heavy atom. The van der Waals surface area contributed by atoms with Crippen molar-refractivity contribution < 1.29 is 38.1 Å². The summed E-state index contributed by atoms with van der Waals surface area (Å²) in [7, 11) is 0. The number of ether oxygens (including phenoxy) is 4. The highest BCUT2D eigenvalue weighted by molar-refractivity contribution is 5.77. The monoisotopic (exact) mass is 749 g/mol. The molecule has 0 spiro atoms. The number of rotatable bonds is 39. The lowest BCUT2D eigenvalue weighted by molar-refractivity contribution is -0.167. The quantitative estimate of drug-likeness (QED) is 0.0265. The Hall–Kier alpha value is -2.64. The predicted octanol–water partition coefficient (Wildman–Crippen LogP) is 12.4. The Kier molecular flexibility index (Phi) is 38.5. The summed E-state index contributed by atoms with van der Waals surface area (Å²) in [6, 6.07) is 0. The van der Waals surface area contributed by atoms with Crippen LogP contribution >= 0.6 is 0 Å². The summed E-state index contributed by atoms with van der Waals surface area (Å²) in [4.78, 5) is 48.8. The zero-order valence-electron chi connectivity index (χ0n) is 34.5. The molecule has 8 nitrogen and oxygen atoms in total. The highest BCUT2D eigenvalue weighted by Gasteiger charge is 2.20. The first-order valence-electron chi connectivity index (χ1n) is 21.9. The van der Waals surface area contributed by atoms with Gasteiger partial charge in [0.25, 0.3) is 0 Å². The fourth-order valence-corrected chi connectivity index (χ4v) is 5.99. The van der Waals surface area contributed by atoms with Crippen molar-refractivity contribution >= 4 is 23.9 Å². The molecule has 0 unspecified atom stereocenters. The van der Waals surface area contributed by atoms with Crippen LogP contribution in [0.4, 0.5) is 0 Å². The molecule has 0 saturated carbocycles. The fourth-order valence-electron chi connectivity index (χ4n) is 5.99. The van der Waals surface area contributed by atoms with Crippen LogP contribution < -0.4 is 0 Å². The number of allylic oxidation sites excluding steroid dienone is 4. The van der Waals surface area contributed by atoms with E-state index in [0.29, 0.717) is 12.8 Å². The standard InChI is InChI=1S/C45H80O8/c1-4-7-9-11-13-15-17-19-21-23-25-27-29-31-33-35-42(46)51-39-41(40-52-44(48)38-37-43(47)50-6-3)53-45(49)36-34-32-30-28-26-24-22-20-18-16-14-12-10-8-5-2/h19-22,41H,4-18,23-40H2,1-3H3/b21-19-,22-20-/t41-/m0/s1. The van der Waals surface area contributed by atoms with Gasteiger partial charge in [0.2, 0.25) is 0 Å². The molecule has 8 heteroatoms. The van der Waals surface area contributed by atoms with E-state index in [0.717, 1.165) is 64.2 Å². The fraction of sp³-hybridized carbons (Fsp3) is 0.822. The third-order valence-electron chi connectivity index (χ3n) is 9.28. The maximum absolute atomic E-state index is 12.6. The Morgan fingerprint density at radius 3 is 1.09 bits per heavy atom. The van der Waals surface area contributed by atoms with Crippen molar-refractivity contribution in [3.63, 3.8) is 0 Å². The molecular weight excluding hydrogens is 668 g/mol.